The second kappa shape index (κ2) is 8.03. The number of nitrogens with one attached hydrogen (secondary N) is 1. The number of carbonyl (C=O) groups excluding carboxylic acids is 1. The molecule has 1 amide bonds. The maximum atomic E-state index is 12.3. The largest absolute Gasteiger partial charge is 0.349 e. The van der Waals surface area contributed by atoms with Crippen molar-refractivity contribution >= 4 is 21.8 Å². The summed E-state index contributed by atoms with van der Waals surface area (Å²) in [4.78, 5) is 20.9. The van der Waals surface area contributed by atoms with Crippen LogP contribution in [0.15, 0.2) is 71.5 Å². The fraction of sp³-hybridized carbons (Fsp3) is 0.150. The van der Waals surface area contributed by atoms with E-state index in [-0.39, 0.29) is 11.9 Å². The van der Waals surface area contributed by atoms with Crippen molar-refractivity contribution in [3.05, 3.63) is 82.6 Å². The summed E-state index contributed by atoms with van der Waals surface area (Å²) in [5.41, 5.74) is 2.56. The molecule has 0 saturated heterocycles. The highest BCUT2D eigenvalue weighted by Crippen LogP contribution is 2.14. The molecule has 3 aromatic rings. The van der Waals surface area contributed by atoms with Crippen LogP contribution in [0.25, 0.3) is 11.4 Å². The molecule has 0 spiro atoms. The lowest BCUT2D eigenvalue weighted by atomic mass is 10.1. The van der Waals surface area contributed by atoms with Crippen LogP contribution in [-0.4, -0.2) is 21.9 Å². The zero-order valence-electron chi connectivity index (χ0n) is 13.8. The average molecular weight is 396 g/mol. The molecule has 2 aromatic carbocycles. The molecule has 0 bridgehead atoms. The molecule has 0 aliphatic heterocycles. The molecule has 0 saturated carbocycles. The van der Waals surface area contributed by atoms with Crippen LogP contribution in [0.4, 0.5) is 0 Å². The van der Waals surface area contributed by atoms with Crippen LogP contribution < -0.4 is 5.32 Å². The predicted octanol–water partition coefficient (Wildman–Crippen LogP) is 4.27. The normalized spacial score (nSPS) is 11.8. The van der Waals surface area contributed by atoms with Crippen LogP contribution in [0.1, 0.15) is 22.8 Å². The Labute approximate surface area is 155 Å². The quantitative estimate of drug-likeness (QED) is 0.701. The van der Waals surface area contributed by atoms with Crippen molar-refractivity contribution < 1.29 is 4.79 Å². The second-order valence-electron chi connectivity index (χ2n) is 5.87. The van der Waals surface area contributed by atoms with E-state index in [0.29, 0.717) is 11.4 Å². The lowest BCUT2D eigenvalue weighted by molar-refractivity contribution is 0.0939. The third-order valence-electron chi connectivity index (χ3n) is 3.78. The number of aromatic nitrogens is 2. The van der Waals surface area contributed by atoms with E-state index in [4.69, 9.17) is 0 Å². The Kier molecular flexibility index (Phi) is 5.56. The molecule has 1 unspecified atom stereocenters. The Balaban J connectivity index is 1.61. The minimum atomic E-state index is -0.163. The lowest BCUT2D eigenvalue weighted by Gasteiger charge is -2.14. The van der Waals surface area contributed by atoms with E-state index in [1.165, 1.54) is 5.56 Å². The van der Waals surface area contributed by atoms with Crippen LogP contribution in [0, 0.1) is 0 Å². The third kappa shape index (κ3) is 4.73. The van der Waals surface area contributed by atoms with Crippen molar-refractivity contribution in [2.75, 3.05) is 0 Å². The highest BCUT2D eigenvalue weighted by Gasteiger charge is 2.12. The first-order valence-corrected chi connectivity index (χ1v) is 8.84. The number of amides is 1. The van der Waals surface area contributed by atoms with E-state index in [9.17, 15) is 4.79 Å². The predicted molar refractivity (Wildman–Crippen MR) is 102 cm³/mol. The van der Waals surface area contributed by atoms with Crippen LogP contribution in [-0.2, 0) is 6.42 Å². The average Bonchev–Trinajstić information content (AvgIpc) is 2.64. The van der Waals surface area contributed by atoms with E-state index in [2.05, 4.69) is 31.2 Å². The molecular formula is C20H18BrN3O. The van der Waals surface area contributed by atoms with E-state index in [0.717, 1.165) is 16.5 Å². The smallest absolute Gasteiger partial charge is 0.254 e. The van der Waals surface area contributed by atoms with Crippen LogP contribution in [0.2, 0.25) is 0 Å². The maximum Gasteiger partial charge on any atom is 0.254 e. The molecule has 0 radical (unpaired) electrons. The molecule has 1 heterocycles. The van der Waals surface area contributed by atoms with Gasteiger partial charge in [-0.3, -0.25) is 4.79 Å². The van der Waals surface area contributed by atoms with Crippen molar-refractivity contribution in [3.63, 3.8) is 0 Å². The highest BCUT2D eigenvalue weighted by molar-refractivity contribution is 9.10. The topological polar surface area (TPSA) is 54.9 Å². The molecule has 1 N–H and O–H groups in total. The van der Waals surface area contributed by atoms with Gasteiger partial charge in [-0.25, -0.2) is 9.97 Å². The van der Waals surface area contributed by atoms with E-state index in [1.54, 1.807) is 12.4 Å². The van der Waals surface area contributed by atoms with Crippen molar-refractivity contribution in [2.45, 2.75) is 19.4 Å². The molecule has 0 aliphatic rings. The molecule has 5 heteroatoms. The van der Waals surface area contributed by atoms with Crippen LogP contribution in [0.3, 0.4) is 0 Å². The van der Waals surface area contributed by atoms with Gasteiger partial charge in [0.15, 0.2) is 5.82 Å². The monoisotopic (exact) mass is 395 g/mol. The Bertz CT molecular complexity index is 833. The molecule has 25 heavy (non-hydrogen) atoms. The van der Waals surface area contributed by atoms with Crippen molar-refractivity contribution in [1.29, 1.82) is 0 Å². The summed E-state index contributed by atoms with van der Waals surface area (Å²) in [6, 6.07) is 17.8. The van der Waals surface area contributed by atoms with Gasteiger partial charge in [0.05, 0.1) is 5.56 Å². The standard InChI is InChI=1S/C20H18BrN3O/c1-14(11-15-7-9-18(21)10-8-15)24-20(25)17-12-22-19(23-13-17)16-5-3-2-4-6-16/h2-10,12-14H,11H2,1H3,(H,24,25). The summed E-state index contributed by atoms with van der Waals surface area (Å²) >= 11 is 3.42. The summed E-state index contributed by atoms with van der Waals surface area (Å²) < 4.78 is 1.04. The first-order valence-electron chi connectivity index (χ1n) is 8.04. The number of rotatable bonds is 5. The summed E-state index contributed by atoms with van der Waals surface area (Å²) in [7, 11) is 0. The summed E-state index contributed by atoms with van der Waals surface area (Å²) in [6.45, 7) is 1.99. The molecule has 1 atom stereocenters. The van der Waals surface area contributed by atoms with Crippen molar-refractivity contribution in [2.24, 2.45) is 0 Å². The first kappa shape index (κ1) is 17.3. The van der Waals surface area contributed by atoms with Gasteiger partial charge in [0.25, 0.3) is 5.91 Å². The van der Waals surface area contributed by atoms with E-state index >= 15 is 0 Å². The first-order chi connectivity index (χ1) is 12.1. The molecule has 3 rings (SSSR count). The third-order valence-corrected chi connectivity index (χ3v) is 4.31. The van der Waals surface area contributed by atoms with Crippen LogP contribution >= 0.6 is 15.9 Å². The molecule has 126 valence electrons. The zero-order chi connectivity index (χ0) is 17.6. The Morgan fingerprint density at radius 2 is 1.68 bits per heavy atom. The molecular weight excluding hydrogens is 378 g/mol. The summed E-state index contributed by atoms with van der Waals surface area (Å²) in [6.07, 6.45) is 3.90. The Morgan fingerprint density at radius 3 is 2.32 bits per heavy atom. The van der Waals surface area contributed by atoms with Crippen molar-refractivity contribution in [3.8, 4) is 11.4 Å². The fourth-order valence-corrected chi connectivity index (χ4v) is 2.78. The van der Waals surface area contributed by atoms with Gasteiger partial charge in [-0.1, -0.05) is 58.4 Å². The number of nitrogens with zero attached hydrogens (tertiary/aromatic N) is 2. The minimum absolute atomic E-state index is 0.0162. The Morgan fingerprint density at radius 1 is 1.04 bits per heavy atom. The zero-order valence-corrected chi connectivity index (χ0v) is 15.4. The Hall–Kier alpha value is -2.53. The lowest BCUT2D eigenvalue weighted by Crippen LogP contribution is -2.34. The van der Waals surface area contributed by atoms with Crippen molar-refractivity contribution in [1.82, 2.24) is 15.3 Å². The maximum absolute atomic E-state index is 12.3. The van der Waals surface area contributed by atoms with Gasteiger partial charge in [0.2, 0.25) is 0 Å². The minimum Gasteiger partial charge on any atom is -0.349 e. The second-order valence-corrected chi connectivity index (χ2v) is 6.78. The highest BCUT2D eigenvalue weighted by atomic mass is 79.9. The number of halogens is 1. The van der Waals surface area contributed by atoms with Gasteiger partial charge in [-0.15, -0.1) is 0 Å². The van der Waals surface area contributed by atoms with Gasteiger partial charge in [0.1, 0.15) is 0 Å². The number of hydrogen-bond donors (Lipinski definition) is 1. The van der Waals surface area contributed by atoms with E-state index < -0.39 is 0 Å². The van der Waals surface area contributed by atoms with Gasteiger partial charge in [-0.05, 0) is 31.0 Å². The van der Waals surface area contributed by atoms with Gasteiger partial charge < -0.3 is 5.32 Å². The number of benzene rings is 2. The number of hydrogen-bond acceptors (Lipinski definition) is 3. The SMILES string of the molecule is CC(Cc1ccc(Br)cc1)NC(=O)c1cnc(-c2ccccc2)nc1. The molecule has 0 fully saturated rings. The van der Waals surface area contributed by atoms with Gasteiger partial charge in [0, 0.05) is 28.5 Å². The van der Waals surface area contributed by atoms with Crippen LogP contribution in [0.5, 0.6) is 0 Å². The summed E-state index contributed by atoms with van der Waals surface area (Å²) in [5.74, 6) is 0.448. The van der Waals surface area contributed by atoms with Gasteiger partial charge in [-0.2, -0.15) is 0 Å². The molecule has 4 nitrogen and oxygen atoms in total. The van der Waals surface area contributed by atoms with Gasteiger partial charge >= 0.3 is 0 Å². The van der Waals surface area contributed by atoms with E-state index in [1.807, 2.05) is 61.5 Å². The molecule has 1 aromatic heterocycles. The summed E-state index contributed by atoms with van der Waals surface area (Å²) in [5, 5.41) is 2.99. The fourth-order valence-electron chi connectivity index (χ4n) is 2.51. The number of carbonyl (C=O) groups is 1. The molecule has 0 aliphatic carbocycles.